The number of amides is 2. The van der Waals surface area contributed by atoms with Crippen LogP contribution in [0, 0.1) is 20.8 Å². The number of hydrogen-bond acceptors (Lipinski definition) is 5. The van der Waals surface area contributed by atoms with Gasteiger partial charge in [0.25, 0.3) is 11.8 Å². The average molecular weight is 494 g/mol. The number of furan rings is 1. The van der Waals surface area contributed by atoms with Crippen LogP contribution in [0.2, 0.25) is 5.02 Å². The van der Waals surface area contributed by atoms with Gasteiger partial charge in [-0.1, -0.05) is 11.6 Å². The van der Waals surface area contributed by atoms with Gasteiger partial charge in [-0.3, -0.25) is 29.8 Å². The van der Waals surface area contributed by atoms with Crippen molar-refractivity contribution >= 4 is 40.2 Å². The van der Waals surface area contributed by atoms with E-state index in [2.05, 4.69) is 10.9 Å². The van der Waals surface area contributed by atoms with E-state index < -0.39 is 11.8 Å². The Bertz CT molecular complexity index is 1450. The molecule has 4 rings (SSSR count). The molecule has 180 valence electrons. The molecule has 0 aliphatic rings. The SMILES string of the molecule is COc1ccc2c(c1)c(CC(=O)NNC(=O)c1cc(C)oc1C)c(C)n2C(=O)c1ccc(Cl)cc1. The van der Waals surface area contributed by atoms with Gasteiger partial charge >= 0.3 is 0 Å². The van der Waals surface area contributed by atoms with Crippen LogP contribution in [0.25, 0.3) is 10.9 Å². The van der Waals surface area contributed by atoms with Gasteiger partial charge in [-0.2, -0.15) is 0 Å². The van der Waals surface area contributed by atoms with E-state index >= 15 is 0 Å². The van der Waals surface area contributed by atoms with Gasteiger partial charge in [-0.25, -0.2) is 0 Å². The Labute approximate surface area is 206 Å². The van der Waals surface area contributed by atoms with Crippen LogP contribution in [-0.2, 0) is 11.2 Å². The van der Waals surface area contributed by atoms with E-state index in [1.807, 2.05) is 0 Å². The standard InChI is InChI=1S/C26H24ClN3O5/c1-14-11-21(16(3)35-14)25(32)29-28-24(31)13-20-15(2)30(23-10-9-19(34-4)12-22(20)23)26(33)17-5-7-18(27)8-6-17/h5-12H,13H2,1-4H3,(H,28,31)(H,29,32). The number of nitrogens with one attached hydrogen (secondary N) is 2. The number of hydrazine groups is 1. The van der Waals surface area contributed by atoms with Crippen molar-refractivity contribution in [1.29, 1.82) is 0 Å². The summed E-state index contributed by atoms with van der Waals surface area (Å²) >= 11 is 5.97. The predicted octanol–water partition coefficient (Wildman–Crippen LogP) is 4.51. The van der Waals surface area contributed by atoms with E-state index in [1.54, 1.807) is 81.0 Å². The van der Waals surface area contributed by atoms with E-state index in [0.717, 1.165) is 0 Å². The summed E-state index contributed by atoms with van der Waals surface area (Å²) < 4.78 is 12.3. The molecule has 2 amide bonds. The maximum Gasteiger partial charge on any atom is 0.273 e. The molecule has 0 atom stereocenters. The first-order chi connectivity index (χ1) is 16.7. The zero-order valence-electron chi connectivity index (χ0n) is 19.7. The maximum atomic E-state index is 13.4. The summed E-state index contributed by atoms with van der Waals surface area (Å²) in [5, 5.41) is 1.23. The number of hydrogen-bond donors (Lipinski definition) is 2. The van der Waals surface area contributed by atoms with Gasteiger partial charge in [-0.05, 0) is 74.9 Å². The molecule has 2 aromatic heterocycles. The highest BCUT2D eigenvalue weighted by molar-refractivity contribution is 6.30. The molecule has 0 fully saturated rings. The average Bonchev–Trinajstić information content (AvgIpc) is 3.32. The van der Waals surface area contributed by atoms with Gasteiger partial charge in [-0.15, -0.1) is 0 Å². The van der Waals surface area contributed by atoms with E-state index in [4.69, 9.17) is 20.8 Å². The van der Waals surface area contributed by atoms with Gasteiger partial charge < -0.3 is 9.15 Å². The molecular formula is C26H24ClN3O5. The molecule has 4 aromatic rings. The molecule has 9 heteroatoms. The van der Waals surface area contributed by atoms with Crippen LogP contribution in [-0.4, -0.2) is 29.4 Å². The maximum absolute atomic E-state index is 13.4. The largest absolute Gasteiger partial charge is 0.497 e. The quantitative estimate of drug-likeness (QED) is 0.398. The first-order valence-corrected chi connectivity index (χ1v) is 11.2. The molecule has 0 aliphatic heterocycles. The Hall–Kier alpha value is -4.04. The molecular weight excluding hydrogens is 470 g/mol. The lowest BCUT2D eigenvalue weighted by Gasteiger charge is -2.09. The number of aromatic nitrogens is 1. The molecule has 0 bridgehead atoms. The summed E-state index contributed by atoms with van der Waals surface area (Å²) in [5.41, 5.74) is 7.54. The van der Waals surface area contributed by atoms with E-state index in [0.29, 0.717) is 55.6 Å². The van der Waals surface area contributed by atoms with Gasteiger partial charge in [0.15, 0.2) is 0 Å². The van der Waals surface area contributed by atoms with Crippen molar-refractivity contribution in [2.75, 3.05) is 7.11 Å². The minimum Gasteiger partial charge on any atom is -0.497 e. The van der Waals surface area contributed by atoms with Crippen LogP contribution >= 0.6 is 11.6 Å². The fraction of sp³-hybridized carbons (Fsp3) is 0.192. The second-order valence-corrected chi connectivity index (χ2v) is 8.54. The highest BCUT2D eigenvalue weighted by atomic mass is 35.5. The number of rotatable bonds is 5. The minimum atomic E-state index is -0.480. The van der Waals surface area contributed by atoms with Crippen LogP contribution in [0.5, 0.6) is 5.75 Å². The molecule has 35 heavy (non-hydrogen) atoms. The van der Waals surface area contributed by atoms with E-state index in [1.165, 1.54) is 0 Å². The van der Waals surface area contributed by atoms with Crippen LogP contribution in [0.15, 0.2) is 52.9 Å². The third kappa shape index (κ3) is 4.79. The topological polar surface area (TPSA) is 103 Å². The first-order valence-electron chi connectivity index (χ1n) is 10.8. The molecule has 8 nitrogen and oxygen atoms in total. The van der Waals surface area contributed by atoms with Crippen molar-refractivity contribution in [2.24, 2.45) is 0 Å². The molecule has 0 spiro atoms. The molecule has 0 saturated heterocycles. The van der Waals surface area contributed by atoms with Crippen LogP contribution in [0.1, 0.15) is 43.5 Å². The van der Waals surface area contributed by atoms with Crippen LogP contribution in [0.4, 0.5) is 0 Å². The summed E-state index contributed by atoms with van der Waals surface area (Å²) in [4.78, 5) is 38.6. The highest BCUT2D eigenvalue weighted by Crippen LogP contribution is 2.31. The first kappa shape index (κ1) is 24.1. The predicted molar refractivity (Wildman–Crippen MR) is 132 cm³/mol. The number of carbonyl (C=O) groups is 3. The molecule has 0 saturated carbocycles. The highest BCUT2D eigenvalue weighted by Gasteiger charge is 2.22. The Morgan fingerprint density at radius 1 is 1.00 bits per heavy atom. The van der Waals surface area contributed by atoms with Crippen LogP contribution < -0.4 is 15.6 Å². The number of halogens is 1. The number of nitrogens with zero attached hydrogens (tertiary/aromatic N) is 1. The van der Waals surface area contributed by atoms with Crippen molar-refractivity contribution in [3.05, 3.63) is 87.5 Å². The number of carbonyl (C=O) groups excluding carboxylic acids is 3. The zero-order chi connectivity index (χ0) is 25.3. The lowest BCUT2D eigenvalue weighted by molar-refractivity contribution is -0.121. The summed E-state index contributed by atoms with van der Waals surface area (Å²) in [5.74, 6) is 0.476. The Kier molecular flexibility index (Phi) is 6.66. The van der Waals surface area contributed by atoms with Crippen molar-refractivity contribution in [2.45, 2.75) is 27.2 Å². The number of benzene rings is 2. The summed E-state index contributed by atoms with van der Waals surface area (Å²) in [6.07, 6.45) is -0.0694. The summed E-state index contributed by atoms with van der Waals surface area (Å²) in [6, 6.07) is 13.5. The van der Waals surface area contributed by atoms with Gasteiger partial charge in [0.1, 0.15) is 17.3 Å². The lowest BCUT2D eigenvalue weighted by atomic mass is 10.1. The number of ether oxygens (including phenoxy) is 1. The molecule has 2 N–H and O–H groups in total. The number of methoxy groups -OCH3 is 1. The van der Waals surface area contributed by atoms with Gasteiger partial charge in [0.2, 0.25) is 5.91 Å². The lowest BCUT2D eigenvalue weighted by Crippen LogP contribution is -2.42. The van der Waals surface area contributed by atoms with Crippen molar-refractivity contribution in [3.63, 3.8) is 0 Å². The van der Waals surface area contributed by atoms with Crippen molar-refractivity contribution in [1.82, 2.24) is 15.4 Å². The Balaban J connectivity index is 1.63. The monoisotopic (exact) mass is 493 g/mol. The Morgan fingerprint density at radius 2 is 1.71 bits per heavy atom. The van der Waals surface area contributed by atoms with Gasteiger partial charge in [0.05, 0.1) is 24.6 Å². The van der Waals surface area contributed by atoms with Crippen molar-refractivity contribution in [3.8, 4) is 5.75 Å². The summed E-state index contributed by atoms with van der Waals surface area (Å²) in [6.45, 7) is 5.19. The molecule has 2 heterocycles. The molecule has 0 unspecified atom stereocenters. The number of fused-ring (bicyclic) bond motifs is 1. The van der Waals surface area contributed by atoms with Crippen LogP contribution in [0.3, 0.4) is 0 Å². The zero-order valence-corrected chi connectivity index (χ0v) is 20.4. The summed E-state index contributed by atoms with van der Waals surface area (Å²) in [7, 11) is 1.55. The minimum absolute atomic E-state index is 0.0694. The normalized spacial score (nSPS) is 10.9. The molecule has 2 aromatic carbocycles. The Morgan fingerprint density at radius 3 is 2.34 bits per heavy atom. The number of aryl methyl sites for hydroxylation is 2. The van der Waals surface area contributed by atoms with Crippen molar-refractivity contribution < 1.29 is 23.5 Å². The third-order valence-corrected chi connectivity index (χ3v) is 6.03. The van der Waals surface area contributed by atoms with E-state index in [-0.39, 0.29) is 12.3 Å². The fourth-order valence-electron chi connectivity index (χ4n) is 4.05. The smallest absolute Gasteiger partial charge is 0.273 e. The third-order valence-electron chi connectivity index (χ3n) is 5.77. The molecule has 0 aliphatic carbocycles. The second kappa shape index (κ2) is 9.68. The van der Waals surface area contributed by atoms with E-state index in [9.17, 15) is 14.4 Å². The fourth-order valence-corrected chi connectivity index (χ4v) is 4.18. The second-order valence-electron chi connectivity index (χ2n) is 8.10. The van der Waals surface area contributed by atoms with Gasteiger partial charge in [0, 0.05) is 21.7 Å². The molecule has 0 radical (unpaired) electrons.